The van der Waals surface area contributed by atoms with Crippen molar-refractivity contribution in [2.75, 3.05) is 32.8 Å². The number of nitrogens with one attached hydrogen (secondary N) is 2. The Balaban J connectivity index is 1.62. The maximum Gasteiger partial charge on any atom is 0.410 e. The number of hydrogen-bond acceptors (Lipinski definition) is 5. The maximum atomic E-state index is 13.2. The summed E-state index contributed by atoms with van der Waals surface area (Å²) in [6.07, 6.45) is 4.26. The van der Waals surface area contributed by atoms with Crippen LogP contribution in [0.5, 0.6) is 5.75 Å². The number of hydrogen-bond donors (Lipinski definition) is 2. The number of amides is 2. The lowest BCUT2D eigenvalue weighted by atomic mass is 9.83. The molecule has 2 N–H and O–H groups in total. The number of ether oxygens (including phenoxy) is 2. The van der Waals surface area contributed by atoms with E-state index in [0.29, 0.717) is 32.0 Å². The van der Waals surface area contributed by atoms with Gasteiger partial charge in [0.15, 0.2) is 0 Å². The minimum atomic E-state index is -0.600. The van der Waals surface area contributed by atoms with Crippen LogP contribution in [0, 0.1) is 0 Å². The first kappa shape index (κ1) is 22.9. The molecule has 0 radical (unpaired) electrons. The summed E-state index contributed by atoms with van der Waals surface area (Å²) in [5.41, 5.74) is 1.94. The Hall–Kier alpha value is -2.28. The first-order valence-electron chi connectivity index (χ1n) is 12.1. The van der Waals surface area contributed by atoms with Gasteiger partial charge < -0.3 is 20.1 Å². The van der Waals surface area contributed by atoms with Crippen LogP contribution in [0.3, 0.4) is 0 Å². The summed E-state index contributed by atoms with van der Waals surface area (Å²) in [5, 5.41) is 6.41. The molecule has 0 unspecified atom stereocenters. The van der Waals surface area contributed by atoms with Crippen LogP contribution in [0.2, 0.25) is 0 Å². The Bertz CT molecular complexity index is 831. The molecule has 1 saturated carbocycles. The third-order valence-electron chi connectivity index (χ3n) is 6.42. The molecule has 0 spiro atoms. The number of likely N-dealkylation sites (tertiary alicyclic amines) is 1. The van der Waals surface area contributed by atoms with E-state index in [1.807, 2.05) is 20.8 Å². The lowest BCUT2D eigenvalue weighted by Crippen LogP contribution is -2.54. The van der Waals surface area contributed by atoms with Crippen LogP contribution in [-0.2, 0) is 9.53 Å². The summed E-state index contributed by atoms with van der Waals surface area (Å²) in [7, 11) is 0. The lowest BCUT2D eigenvalue weighted by molar-refractivity contribution is -0.127. The molecule has 2 heterocycles. The van der Waals surface area contributed by atoms with E-state index in [2.05, 4.69) is 28.8 Å². The van der Waals surface area contributed by atoms with Crippen molar-refractivity contribution in [1.82, 2.24) is 15.5 Å². The van der Waals surface area contributed by atoms with Gasteiger partial charge in [-0.05, 0) is 88.4 Å². The van der Waals surface area contributed by atoms with Gasteiger partial charge in [0.1, 0.15) is 24.0 Å². The molecule has 4 rings (SSSR count). The van der Waals surface area contributed by atoms with Crippen molar-refractivity contribution in [1.29, 1.82) is 0 Å². The fourth-order valence-corrected chi connectivity index (χ4v) is 4.62. The molecule has 1 aromatic carbocycles. The average Bonchev–Trinajstić information content (AvgIpc) is 3.59. The summed E-state index contributed by atoms with van der Waals surface area (Å²) >= 11 is 0. The molecule has 32 heavy (non-hydrogen) atoms. The van der Waals surface area contributed by atoms with Crippen LogP contribution in [-0.4, -0.2) is 61.3 Å². The molecule has 1 aliphatic carbocycles. The van der Waals surface area contributed by atoms with E-state index in [1.165, 1.54) is 24.0 Å². The van der Waals surface area contributed by atoms with Crippen LogP contribution in [0.15, 0.2) is 18.2 Å². The highest BCUT2D eigenvalue weighted by Gasteiger charge is 2.39. The van der Waals surface area contributed by atoms with Crippen LogP contribution < -0.4 is 15.4 Å². The fraction of sp³-hybridized carbons (Fsp3) is 0.680. The molecule has 1 aromatic rings. The van der Waals surface area contributed by atoms with E-state index in [4.69, 9.17) is 9.47 Å². The van der Waals surface area contributed by atoms with E-state index < -0.39 is 17.7 Å². The minimum absolute atomic E-state index is 0.0987. The third kappa shape index (κ3) is 5.74. The van der Waals surface area contributed by atoms with Crippen LogP contribution >= 0.6 is 0 Å². The van der Waals surface area contributed by atoms with Crippen molar-refractivity contribution in [3.05, 3.63) is 29.3 Å². The van der Waals surface area contributed by atoms with Gasteiger partial charge in [-0.2, -0.15) is 0 Å². The van der Waals surface area contributed by atoms with Gasteiger partial charge in [-0.25, -0.2) is 4.79 Å². The van der Waals surface area contributed by atoms with E-state index in [9.17, 15) is 9.59 Å². The van der Waals surface area contributed by atoms with Crippen molar-refractivity contribution in [3.63, 3.8) is 0 Å². The smallest absolute Gasteiger partial charge is 0.410 e. The van der Waals surface area contributed by atoms with Crippen LogP contribution in [0.25, 0.3) is 0 Å². The molecule has 2 amide bonds. The Morgan fingerprint density at radius 2 is 1.94 bits per heavy atom. The molecule has 0 aromatic heterocycles. The van der Waals surface area contributed by atoms with Crippen LogP contribution in [0.1, 0.15) is 75.8 Å². The molecule has 7 nitrogen and oxygen atoms in total. The van der Waals surface area contributed by atoms with E-state index >= 15 is 0 Å². The molecule has 2 bridgehead atoms. The average molecular weight is 444 g/mol. The molecule has 1 saturated heterocycles. The topological polar surface area (TPSA) is 79.9 Å². The standard InChI is InChI=1S/C25H37N3O4/c1-25(2,3)32-24(30)28-13-9-19-16-21(28)23(29)27-11-4-10-26-12-14-31-22-8-7-18(15-20(19)22)17-5-6-17/h7-8,15,17,19,21,26H,4-6,9-14,16H2,1-3H3,(H,27,29)/t19-,21+/m0/s1. The zero-order valence-electron chi connectivity index (χ0n) is 19.6. The molecular weight excluding hydrogens is 406 g/mol. The summed E-state index contributed by atoms with van der Waals surface area (Å²) in [5.74, 6) is 1.62. The summed E-state index contributed by atoms with van der Waals surface area (Å²) in [6, 6.07) is 6.03. The normalized spacial score (nSPS) is 25.1. The Morgan fingerprint density at radius 1 is 1.12 bits per heavy atom. The molecule has 176 valence electrons. The predicted molar refractivity (Wildman–Crippen MR) is 123 cm³/mol. The zero-order valence-corrected chi connectivity index (χ0v) is 19.6. The molecular formula is C25H37N3O4. The van der Waals surface area contributed by atoms with Crippen molar-refractivity contribution < 1.29 is 19.1 Å². The van der Waals surface area contributed by atoms with Crippen molar-refractivity contribution in [2.24, 2.45) is 0 Å². The number of carbonyl (C=O) groups is 2. The first-order valence-corrected chi connectivity index (χ1v) is 12.1. The Morgan fingerprint density at radius 3 is 2.69 bits per heavy atom. The highest BCUT2D eigenvalue weighted by atomic mass is 16.6. The van der Waals surface area contributed by atoms with Gasteiger partial charge >= 0.3 is 6.09 Å². The van der Waals surface area contributed by atoms with Gasteiger partial charge in [0.25, 0.3) is 0 Å². The first-order chi connectivity index (χ1) is 15.3. The quantitative estimate of drug-likeness (QED) is 0.694. The highest BCUT2D eigenvalue weighted by molar-refractivity contribution is 5.86. The van der Waals surface area contributed by atoms with Crippen LogP contribution in [0.4, 0.5) is 4.79 Å². The molecule has 2 fully saturated rings. The molecule has 2 aliphatic heterocycles. The SMILES string of the molecule is CC(C)(C)OC(=O)N1CC[C@H]2C[C@@H]1C(=O)NCCCNCCOc1ccc(C3CC3)cc12. The van der Waals surface area contributed by atoms with Gasteiger partial charge in [-0.1, -0.05) is 12.1 Å². The number of carbonyl (C=O) groups excluding carboxylic acids is 2. The predicted octanol–water partition coefficient (Wildman–Crippen LogP) is 3.54. The van der Waals surface area contributed by atoms with Gasteiger partial charge in [0.05, 0.1) is 0 Å². The van der Waals surface area contributed by atoms with Crippen molar-refractivity contribution >= 4 is 12.0 Å². The number of nitrogens with zero attached hydrogens (tertiary/aromatic N) is 1. The molecule has 2 atom stereocenters. The number of piperidine rings is 1. The van der Waals surface area contributed by atoms with Crippen molar-refractivity contribution in [2.45, 2.75) is 76.4 Å². The second-order valence-electron chi connectivity index (χ2n) is 10.2. The summed E-state index contributed by atoms with van der Waals surface area (Å²) in [6.45, 7) is 8.83. The van der Waals surface area contributed by atoms with Gasteiger partial charge in [-0.3, -0.25) is 9.69 Å². The largest absolute Gasteiger partial charge is 0.492 e. The van der Waals surface area contributed by atoms with Gasteiger partial charge in [0.2, 0.25) is 5.91 Å². The second-order valence-corrected chi connectivity index (χ2v) is 10.2. The third-order valence-corrected chi connectivity index (χ3v) is 6.42. The molecule has 3 aliphatic rings. The van der Waals surface area contributed by atoms with Crippen molar-refractivity contribution in [3.8, 4) is 5.75 Å². The Kier molecular flexibility index (Phi) is 6.93. The maximum absolute atomic E-state index is 13.2. The lowest BCUT2D eigenvalue weighted by Gasteiger charge is -2.39. The Labute approximate surface area is 191 Å². The fourth-order valence-electron chi connectivity index (χ4n) is 4.62. The summed E-state index contributed by atoms with van der Waals surface area (Å²) < 4.78 is 11.8. The monoisotopic (exact) mass is 443 g/mol. The zero-order chi connectivity index (χ0) is 22.7. The minimum Gasteiger partial charge on any atom is -0.492 e. The number of benzene rings is 1. The van der Waals surface area contributed by atoms with E-state index in [1.54, 1.807) is 4.90 Å². The van der Waals surface area contributed by atoms with E-state index in [-0.39, 0.29) is 11.8 Å². The van der Waals surface area contributed by atoms with Gasteiger partial charge in [0, 0.05) is 19.6 Å². The summed E-state index contributed by atoms with van der Waals surface area (Å²) in [4.78, 5) is 27.7. The highest BCUT2D eigenvalue weighted by Crippen LogP contribution is 2.44. The van der Waals surface area contributed by atoms with E-state index in [0.717, 1.165) is 31.7 Å². The number of rotatable bonds is 1. The second kappa shape index (κ2) is 9.69. The number of fused-ring (bicyclic) bond motifs is 4. The van der Waals surface area contributed by atoms with Gasteiger partial charge in [-0.15, -0.1) is 0 Å². The molecule has 7 heteroatoms.